The second kappa shape index (κ2) is 6.32. The number of nitrogens with one attached hydrogen (secondary N) is 1. The maximum atomic E-state index is 13.4. The van der Waals surface area contributed by atoms with Gasteiger partial charge in [-0.05, 0) is 29.7 Å². The van der Waals surface area contributed by atoms with Gasteiger partial charge in [0.25, 0.3) is 5.69 Å². The lowest BCUT2D eigenvalue weighted by Crippen LogP contribution is -2.04. The molecule has 0 atom stereocenters. The number of benzene rings is 2. The highest BCUT2D eigenvalue weighted by Gasteiger charge is 2.16. The van der Waals surface area contributed by atoms with Gasteiger partial charge in [-0.15, -0.1) is 0 Å². The Kier molecular flexibility index (Phi) is 4.49. The van der Waals surface area contributed by atoms with Gasteiger partial charge in [-0.2, -0.15) is 0 Å². The molecule has 21 heavy (non-hydrogen) atoms. The smallest absolute Gasteiger partial charge is 0.295 e. The van der Waals surface area contributed by atoms with Crippen LogP contribution in [0.15, 0.2) is 36.4 Å². The van der Waals surface area contributed by atoms with Gasteiger partial charge >= 0.3 is 0 Å². The Morgan fingerprint density at radius 2 is 2.00 bits per heavy atom. The molecule has 6 heteroatoms. The molecule has 0 amide bonds. The number of aliphatic hydroxyl groups excluding tert-OH is 1. The minimum Gasteiger partial charge on any atom is -0.392 e. The van der Waals surface area contributed by atoms with Crippen molar-refractivity contribution in [3.63, 3.8) is 0 Å². The maximum absolute atomic E-state index is 13.4. The van der Waals surface area contributed by atoms with Gasteiger partial charge in [-0.3, -0.25) is 10.1 Å². The summed E-state index contributed by atoms with van der Waals surface area (Å²) in [6.07, 6.45) is 0. The van der Waals surface area contributed by atoms with Gasteiger partial charge < -0.3 is 10.4 Å². The van der Waals surface area contributed by atoms with Crippen LogP contribution in [0.2, 0.25) is 0 Å². The molecule has 5 nitrogen and oxygen atoms in total. The first-order valence-electron chi connectivity index (χ1n) is 6.38. The zero-order valence-electron chi connectivity index (χ0n) is 11.5. The second-order valence-corrected chi connectivity index (χ2v) is 4.71. The van der Waals surface area contributed by atoms with Gasteiger partial charge in [-0.1, -0.05) is 24.3 Å². The van der Waals surface area contributed by atoms with E-state index in [9.17, 15) is 14.5 Å². The molecule has 0 bridgehead atoms. The van der Waals surface area contributed by atoms with Crippen LogP contribution in [0, 0.1) is 22.9 Å². The number of hydrogen-bond acceptors (Lipinski definition) is 4. The molecule has 0 fully saturated rings. The number of rotatable bonds is 5. The van der Waals surface area contributed by atoms with E-state index in [1.807, 2.05) is 6.07 Å². The minimum absolute atomic E-state index is 0.0658. The van der Waals surface area contributed by atoms with Gasteiger partial charge in [0.1, 0.15) is 11.5 Å². The topological polar surface area (TPSA) is 75.4 Å². The summed E-state index contributed by atoms with van der Waals surface area (Å²) in [6, 6.07) is 9.57. The molecule has 0 radical (unpaired) electrons. The Morgan fingerprint density at radius 3 is 2.67 bits per heavy atom. The molecule has 0 aliphatic carbocycles. The van der Waals surface area contributed by atoms with Crippen LogP contribution in [-0.4, -0.2) is 10.0 Å². The molecule has 0 aliphatic heterocycles. The van der Waals surface area contributed by atoms with Crippen LogP contribution >= 0.6 is 0 Å². The first kappa shape index (κ1) is 14.9. The average molecular weight is 290 g/mol. The fourth-order valence-corrected chi connectivity index (χ4v) is 2.00. The standard InChI is InChI=1S/C15H15FN2O3/c1-10-5-14(15(18(20)21)7-13(10)16)17-8-11-3-2-4-12(6-11)9-19/h2-7,17,19H,8-9H2,1H3. The Morgan fingerprint density at radius 1 is 1.29 bits per heavy atom. The monoisotopic (exact) mass is 290 g/mol. The summed E-state index contributed by atoms with van der Waals surface area (Å²) in [4.78, 5) is 10.3. The Balaban J connectivity index is 2.22. The molecule has 2 aromatic rings. The molecule has 0 heterocycles. The van der Waals surface area contributed by atoms with E-state index in [0.29, 0.717) is 12.1 Å². The van der Waals surface area contributed by atoms with Crippen LogP contribution in [0.5, 0.6) is 0 Å². The largest absolute Gasteiger partial charge is 0.392 e. The highest BCUT2D eigenvalue weighted by Crippen LogP contribution is 2.28. The zero-order chi connectivity index (χ0) is 15.4. The first-order valence-corrected chi connectivity index (χ1v) is 6.38. The molecule has 0 saturated carbocycles. The fourth-order valence-electron chi connectivity index (χ4n) is 2.00. The number of aliphatic hydroxyl groups is 1. The van der Waals surface area contributed by atoms with Crippen molar-refractivity contribution < 1.29 is 14.4 Å². The lowest BCUT2D eigenvalue weighted by atomic mass is 10.1. The fraction of sp³-hybridized carbons (Fsp3) is 0.200. The summed E-state index contributed by atoms with van der Waals surface area (Å²) in [5, 5.41) is 23.0. The van der Waals surface area contributed by atoms with Crippen LogP contribution < -0.4 is 5.32 Å². The molecular formula is C15H15FN2O3. The van der Waals surface area contributed by atoms with Crippen LogP contribution in [0.25, 0.3) is 0 Å². The van der Waals surface area contributed by atoms with E-state index >= 15 is 0 Å². The summed E-state index contributed by atoms with van der Waals surface area (Å²) >= 11 is 0. The van der Waals surface area contributed by atoms with E-state index in [1.54, 1.807) is 25.1 Å². The van der Waals surface area contributed by atoms with E-state index in [4.69, 9.17) is 5.11 Å². The molecule has 2 rings (SSSR count). The maximum Gasteiger partial charge on any atom is 0.295 e. The second-order valence-electron chi connectivity index (χ2n) is 4.71. The predicted molar refractivity (Wildman–Crippen MR) is 77.5 cm³/mol. The molecule has 110 valence electrons. The van der Waals surface area contributed by atoms with Gasteiger partial charge in [0.2, 0.25) is 0 Å². The number of nitro groups is 1. The lowest BCUT2D eigenvalue weighted by molar-refractivity contribution is -0.384. The number of anilines is 1. The number of hydrogen-bond donors (Lipinski definition) is 2. The number of nitrogens with zero attached hydrogens (tertiary/aromatic N) is 1. The van der Waals surface area contributed by atoms with E-state index in [0.717, 1.165) is 17.2 Å². The average Bonchev–Trinajstić information content (AvgIpc) is 2.48. The molecule has 0 saturated heterocycles. The Labute approximate surface area is 121 Å². The van der Waals surface area contributed by atoms with Crippen molar-refractivity contribution >= 4 is 11.4 Å². The summed E-state index contributed by atoms with van der Waals surface area (Å²) in [5.41, 5.74) is 1.95. The summed E-state index contributed by atoms with van der Waals surface area (Å²) in [6.45, 7) is 1.83. The quantitative estimate of drug-likeness (QED) is 0.655. The molecule has 2 N–H and O–H groups in total. The van der Waals surface area contributed by atoms with E-state index in [-0.39, 0.29) is 18.0 Å². The first-order chi connectivity index (χ1) is 10.0. The highest BCUT2D eigenvalue weighted by atomic mass is 19.1. The van der Waals surface area contributed by atoms with Crippen molar-refractivity contribution in [2.45, 2.75) is 20.1 Å². The molecule has 0 spiro atoms. The lowest BCUT2D eigenvalue weighted by Gasteiger charge is -2.09. The van der Waals surface area contributed by atoms with Crippen LogP contribution in [0.4, 0.5) is 15.8 Å². The zero-order valence-corrected chi connectivity index (χ0v) is 11.5. The summed E-state index contributed by atoms with van der Waals surface area (Å²) < 4.78 is 13.4. The van der Waals surface area contributed by atoms with Gasteiger partial charge in [-0.25, -0.2) is 4.39 Å². The minimum atomic E-state index is -0.616. The Bertz CT molecular complexity index is 674. The molecule has 0 unspecified atom stereocenters. The molecule has 0 aliphatic rings. The van der Waals surface area contributed by atoms with Crippen LogP contribution in [-0.2, 0) is 13.2 Å². The normalized spacial score (nSPS) is 10.4. The highest BCUT2D eigenvalue weighted by molar-refractivity contribution is 5.63. The number of aryl methyl sites for hydroxylation is 1. The van der Waals surface area contributed by atoms with Crippen LogP contribution in [0.1, 0.15) is 16.7 Å². The van der Waals surface area contributed by atoms with Crippen LogP contribution in [0.3, 0.4) is 0 Å². The number of halogens is 1. The molecule has 2 aromatic carbocycles. The van der Waals surface area contributed by atoms with Gasteiger partial charge in [0, 0.05) is 6.54 Å². The van der Waals surface area contributed by atoms with Crippen molar-refractivity contribution in [3.8, 4) is 0 Å². The molecule has 0 aromatic heterocycles. The Hall–Kier alpha value is -2.47. The molecular weight excluding hydrogens is 275 g/mol. The van der Waals surface area contributed by atoms with E-state index < -0.39 is 10.7 Å². The third kappa shape index (κ3) is 3.55. The third-order valence-corrected chi connectivity index (χ3v) is 3.13. The number of nitro benzene ring substituents is 1. The SMILES string of the molecule is Cc1cc(NCc2cccc(CO)c2)c([N+](=O)[O-])cc1F. The third-order valence-electron chi connectivity index (χ3n) is 3.13. The van der Waals surface area contributed by atoms with Crippen molar-refractivity contribution in [3.05, 3.63) is 69.0 Å². The van der Waals surface area contributed by atoms with Crippen molar-refractivity contribution in [1.82, 2.24) is 0 Å². The van der Waals surface area contributed by atoms with Gasteiger partial charge in [0.05, 0.1) is 17.6 Å². The van der Waals surface area contributed by atoms with Gasteiger partial charge in [0.15, 0.2) is 0 Å². The van der Waals surface area contributed by atoms with E-state index in [2.05, 4.69) is 5.32 Å². The van der Waals surface area contributed by atoms with Crippen molar-refractivity contribution in [2.75, 3.05) is 5.32 Å². The van der Waals surface area contributed by atoms with Crippen molar-refractivity contribution in [1.29, 1.82) is 0 Å². The predicted octanol–water partition coefficient (Wildman–Crippen LogP) is 3.15. The van der Waals surface area contributed by atoms with E-state index in [1.165, 1.54) is 6.07 Å². The van der Waals surface area contributed by atoms with Crippen molar-refractivity contribution in [2.24, 2.45) is 0 Å². The summed E-state index contributed by atoms with van der Waals surface area (Å²) in [7, 11) is 0. The summed E-state index contributed by atoms with van der Waals surface area (Å²) in [5.74, 6) is -0.602.